The van der Waals surface area contributed by atoms with Crippen LogP contribution in [0.3, 0.4) is 0 Å². The second kappa shape index (κ2) is 10.8. The van der Waals surface area contributed by atoms with Crippen molar-refractivity contribution in [3.05, 3.63) is 57.6 Å². The molecular weight excluding hydrogens is 529 g/mol. The van der Waals surface area contributed by atoms with Gasteiger partial charge in [0, 0.05) is 23.2 Å². The highest BCUT2D eigenvalue weighted by Crippen LogP contribution is 2.41. The van der Waals surface area contributed by atoms with E-state index in [0.717, 1.165) is 0 Å². The van der Waals surface area contributed by atoms with E-state index in [1.165, 1.54) is 23.1 Å². The van der Waals surface area contributed by atoms with E-state index in [2.05, 4.69) is 15.0 Å². The minimum atomic E-state index is -3.13. The number of amides is 2. The first kappa shape index (κ1) is 27.1. The number of carbonyl (C=O) groups excluding carboxylic acids is 2. The zero-order valence-electron chi connectivity index (χ0n) is 20.1. The van der Waals surface area contributed by atoms with Gasteiger partial charge in [-0.1, -0.05) is 35.3 Å². The molecule has 2 aliphatic rings. The Morgan fingerprint density at radius 2 is 2.08 bits per heavy atom. The predicted octanol–water partition coefficient (Wildman–Crippen LogP) is 5.18. The molecule has 3 N–H and O–H groups in total. The molecule has 0 radical (unpaired) electrons. The van der Waals surface area contributed by atoms with Crippen LogP contribution in [0.25, 0.3) is 0 Å². The van der Waals surface area contributed by atoms with Crippen LogP contribution in [0.5, 0.6) is 5.75 Å². The second-order valence-electron chi connectivity index (χ2n) is 9.18. The Labute approximate surface area is 222 Å². The zero-order chi connectivity index (χ0) is 26.9. The Hall–Kier alpha value is -2.95. The Bertz CT molecular complexity index is 1250. The normalized spacial score (nSPS) is 24.1. The highest BCUT2D eigenvalue weighted by atomic mass is 35.5. The minimum absolute atomic E-state index is 0.00787. The topological polar surface area (TPSA) is 106 Å². The van der Waals surface area contributed by atoms with E-state index in [4.69, 9.17) is 33.7 Å². The fraction of sp³-hybridized carbons (Fsp3) is 0.400. The number of nitrogens with one attached hydrogen (secondary N) is 1. The summed E-state index contributed by atoms with van der Waals surface area (Å²) in [6, 6.07) is 8.49. The van der Waals surface area contributed by atoms with Gasteiger partial charge in [0.15, 0.2) is 5.96 Å². The lowest BCUT2D eigenvalue weighted by atomic mass is 9.86. The van der Waals surface area contributed by atoms with Crippen molar-refractivity contribution in [1.29, 1.82) is 0 Å². The molecule has 0 aliphatic carbocycles. The highest BCUT2D eigenvalue weighted by Gasteiger charge is 2.42. The van der Waals surface area contributed by atoms with Crippen LogP contribution < -0.4 is 15.8 Å². The fourth-order valence-corrected chi connectivity index (χ4v) is 5.27. The van der Waals surface area contributed by atoms with Gasteiger partial charge in [-0.25, -0.2) is 4.99 Å². The maximum Gasteiger partial charge on any atom is 0.387 e. The monoisotopic (exact) mass is 554 g/mol. The van der Waals surface area contributed by atoms with Gasteiger partial charge in [0.25, 0.3) is 5.91 Å². The fourth-order valence-electron chi connectivity index (χ4n) is 4.72. The average Bonchev–Trinajstić information content (AvgIpc) is 2.80. The molecule has 1 saturated heterocycles. The number of guanidine groups is 1. The standard InChI is InChI=1S/C25H26Cl2F2N4O4/c1-13-10-15(8-9-36-13)33-20(34)12-25(2,32-24(33)30)17-4-3-5-18(21(17)27)31-22(35)16-11-14(26)6-7-19(16)37-23(28)29/h3-7,11,13,15,23H,8-10,12H2,1-2H3,(H2,30,32)(H,31,35)/t13-,15?,25+/m1/s1. The largest absolute Gasteiger partial charge is 0.434 e. The summed E-state index contributed by atoms with van der Waals surface area (Å²) in [5.74, 6) is -1.19. The molecule has 2 amide bonds. The van der Waals surface area contributed by atoms with Crippen LogP contribution in [0.1, 0.15) is 49.0 Å². The molecule has 2 aromatic rings. The van der Waals surface area contributed by atoms with Crippen molar-refractivity contribution in [2.75, 3.05) is 11.9 Å². The van der Waals surface area contributed by atoms with Crippen molar-refractivity contribution in [3.63, 3.8) is 0 Å². The number of anilines is 1. The number of nitrogens with zero attached hydrogens (tertiary/aromatic N) is 2. The van der Waals surface area contributed by atoms with Gasteiger partial charge in [-0.3, -0.25) is 14.5 Å². The highest BCUT2D eigenvalue weighted by molar-refractivity contribution is 6.35. The summed E-state index contributed by atoms with van der Waals surface area (Å²) in [7, 11) is 0. The number of nitrogens with two attached hydrogens (primary N) is 1. The average molecular weight is 555 g/mol. The van der Waals surface area contributed by atoms with Gasteiger partial charge in [-0.15, -0.1) is 0 Å². The van der Waals surface area contributed by atoms with Crippen LogP contribution >= 0.6 is 23.2 Å². The van der Waals surface area contributed by atoms with E-state index < -0.39 is 18.1 Å². The number of hydrogen-bond donors (Lipinski definition) is 2. The van der Waals surface area contributed by atoms with Gasteiger partial charge < -0.3 is 20.5 Å². The summed E-state index contributed by atoms with van der Waals surface area (Å²) < 4.78 is 35.7. The van der Waals surface area contributed by atoms with E-state index in [1.54, 1.807) is 25.1 Å². The number of aliphatic imine (C=N–C) groups is 1. The Balaban J connectivity index is 1.62. The summed E-state index contributed by atoms with van der Waals surface area (Å²) in [5.41, 5.74) is 5.66. The Kier molecular flexibility index (Phi) is 7.91. The molecule has 198 valence electrons. The molecule has 0 saturated carbocycles. The first-order valence-corrected chi connectivity index (χ1v) is 12.4. The molecule has 1 unspecified atom stereocenters. The third-order valence-corrected chi connectivity index (χ3v) is 7.07. The first-order valence-electron chi connectivity index (χ1n) is 11.6. The summed E-state index contributed by atoms with van der Waals surface area (Å²) in [6.07, 6.45) is 1.33. The molecule has 0 aromatic heterocycles. The van der Waals surface area contributed by atoms with Crippen molar-refractivity contribution in [2.24, 2.45) is 10.7 Å². The molecule has 37 heavy (non-hydrogen) atoms. The molecule has 1 fully saturated rings. The lowest BCUT2D eigenvalue weighted by molar-refractivity contribution is -0.133. The van der Waals surface area contributed by atoms with E-state index in [0.29, 0.717) is 25.0 Å². The molecule has 4 rings (SSSR count). The maximum atomic E-state index is 13.2. The van der Waals surface area contributed by atoms with Crippen molar-refractivity contribution in [1.82, 2.24) is 4.90 Å². The third-order valence-electron chi connectivity index (χ3n) is 6.42. The van der Waals surface area contributed by atoms with Gasteiger partial charge in [0.1, 0.15) is 5.75 Å². The number of hydrogen-bond acceptors (Lipinski definition) is 6. The van der Waals surface area contributed by atoms with Crippen LogP contribution in [0.2, 0.25) is 10.0 Å². The molecule has 3 atom stereocenters. The Morgan fingerprint density at radius 3 is 2.76 bits per heavy atom. The summed E-state index contributed by atoms with van der Waals surface area (Å²) in [4.78, 5) is 32.4. The summed E-state index contributed by atoms with van der Waals surface area (Å²) in [6.45, 7) is 1.09. The molecule has 0 spiro atoms. The smallest absolute Gasteiger partial charge is 0.387 e. The predicted molar refractivity (Wildman–Crippen MR) is 136 cm³/mol. The molecule has 8 nitrogen and oxygen atoms in total. The number of benzene rings is 2. The van der Waals surface area contributed by atoms with E-state index >= 15 is 0 Å². The van der Waals surface area contributed by atoms with E-state index in [1.807, 2.05) is 6.92 Å². The molecule has 12 heteroatoms. The van der Waals surface area contributed by atoms with Gasteiger partial charge >= 0.3 is 6.61 Å². The zero-order valence-corrected chi connectivity index (χ0v) is 21.7. The van der Waals surface area contributed by atoms with Gasteiger partial charge in [0.05, 0.1) is 34.3 Å². The molecule has 0 bridgehead atoms. The second-order valence-corrected chi connectivity index (χ2v) is 10.00. The number of rotatable bonds is 6. The third kappa shape index (κ3) is 5.81. The molecule has 2 heterocycles. The number of halogens is 4. The molecule has 2 aromatic carbocycles. The lowest BCUT2D eigenvalue weighted by Gasteiger charge is -2.41. The van der Waals surface area contributed by atoms with Gasteiger partial charge in [-0.2, -0.15) is 8.78 Å². The molecular formula is C25H26Cl2F2N4O4. The minimum Gasteiger partial charge on any atom is -0.434 e. The van der Waals surface area contributed by atoms with Crippen LogP contribution in [0.15, 0.2) is 41.4 Å². The maximum absolute atomic E-state index is 13.2. The van der Waals surface area contributed by atoms with E-state index in [-0.39, 0.29) is 57.5 Å². The van der Waals surface area contributed by atoms with Crippen LogP contribution in [-0.2, 0) is 15.1 Å². The quantitative estimate of drug-likeness (QED) is 0.511. The summed E-state index contributed by atoms with van der Waals surface area (Å²) >= 11 is 12.6. The van der Waals surface area contributed by atoms with Crippen molar-refractivity contribution in [2.45, 2.75) is 57.4 Å². The van der Waals surface area contributed by atoms with Gasteiger partial charge in [0.2, 0.25) is 5.91 Å². The Morgan fingerprint density at radius 1 is 1.32 bits per heavy atom. The SMILES string of the molecule is C[C@@H]1CC(N2C(=O)C[C@@](C)(c3cccc(NC(=O)c4cc(Cl)ccc4OC(F)F)c3Cl)N=C2N)CCO1. The van der Waals surface area contributed by atoms with Crippen LogP contribution in [0, 0.1) is 0 Å². The summed E-state index contributed by atoms with van der Waals surface area (Å²) in [5, 5.41) is 2.90. The van der Waals surface area contributed by atoms with Crippen LogP contribution in [-0.4, -0.2) is 48.0 Å². The van der Waals surface area contributed by atoms with Crippen molar-refractivity contribution >= 4 is 46.7 Å². The van der Waals surface area contributed by atoms with E-state index in [9.17, 15) is 18.4 Å². The number of ether oxygens (including phenoxy) is 2. The lowest BCUT2D eigenvalue weighted by Crippen LogP contribution is -2.56. The number of carbonyl (C=O) groups is 2. The van der Waals surface area contributed by atoms with Gasteiger partial charge in [-0.05, 0) is 51.0 Å². The van der Waals surface area contributed by atoms with Crippen LogP contribution in [0.4, 0.5) is 14.5 Å². The first-order chi connectivity index (χ1) is 17.5. The number of alkyl halides is 2. The van der Waals surface area contributed by atoms with Crippen molar-refractivity contribution < 1.29 is 27.8 Å². The van der Waals surface area contributed by atoms with Crippen molar-refractivity contribution in [3.8, 4) is 5.75 Å². The molecule has 2 aliphatic heterocycles.